The van der Waals surface area contributed by atoms with Gasteiger partial charge in [-0.05, 0) is 24.6 Å². The van der Waals surface area contributed by atoms with Gasteiger partial charge in [-0.15, -0.1) is 0 Å². The number of aromatic nitrogens is 2. The number of nitrogens with two attached hydrogens (primary N) is 1. The number of ether oxygens (including phenoxy) is 1. The van der Waals surface area contributed by atoms with Crippen molar-refractivity contribution >= 4 is 34.8 Å². The van der Waals surface area contributed by atoms with Crippen LogP contribution in [0.5, 0.6) is 0 Å². The summed E-state index contributed by atoms with van der Waals surface area (Å²) in [5.41, 5.74) is 11.2. The molecule has 2 aromatic rings. The highest BCUT2D eigenvalue weighted by Crippen LogP contribution is 2.37. The number of carbonyl (C=O) groups is 1. The predicted molar refractivity (Wildman–Crippen MR) is 114 cm³/mol. The van der Waals surface area contributed by atoms with E-state index in [9.17, 15) is 4.79 Å². The van der Waals surface area contributed by atoms with Gasteiger partial charge in [0.1, 0.15) is 0 Å². The molecule has 152 valence electrons. The zero-order valence-corrected chi connectivity index (χ0v) is 17.2. The molecule has 29 heavy (non-hydrogen) atoms. The molecule has 1 fully saturated rings. The Balaban J connectivity index is 1.73. The molecule has 4 rings (SSSR count). The Morgan fingerprint density at radius 2 is 1.93 bits per heavy atom. The summed E-state index contributed by atoms with van der Waals surface area (Å²) in [4.78, 5) is 12.9. The Bertz CT molecular complexity index is 962. The van der Waals surface area contributed by atoms with Gasteiger partial charge in [0, 0.05) is 28.7 Å². The first-order valence-electron chi connectivity index (χ1n) is 9.34. The Labute approximate surface area is 178 Å². The number of nitrogen functional groups attached to an aromatic ring is 1. The van der Waals surface area contributed by atoms with Crippen LogP contribution in [0.1, 0.15) is 23.0 Å². The molecule has 9 heteroatoms. The lowest BCUT2D eigenvalue weighted by Crippen LogP contribution is -2.48. The van der Waals surface area contributed by atoms with Gasteiger partial charge in [0.2, 0.25) is 0 Å². The van der Waals surface area contributed by atoms with E-state index >= 15 is 0 Å². The van der Waals surface area contributed by atoms with Crippen LogP contribution in [-0.2, 0) is 4.74 Å². The van der Waals surface area contributed by atoms with Crippen molar-refractivity contribution in [2.75, 3.05) is 32.0 Å². The standard InChI is InChI=1S/C20H21Cl2N5O2/c21-14-7-5-13(6-8-14)19-17(23)18(20(28)25-26-9-11-29-12-10-26)24-27(19)16-4-2-1-3-15(16)22/h1-3,5-8,16H,4,9-12,23H2,(H,25,28). The molecule has 1 aromatic carbocycles. The number of amides is 1. The number of morpholine rings is 1. The summed E-state index contributed by atoms with van der Waals surface area (Å²) in [7, 11) is 0. The van der Waals surface area contributed by atoms with E-state index in [0.29, 0.717) is 54.2 Å². The third-order valence-corrected chi connectivity index (χ3v) is 5.54. The van der Waals surface area contributed by atoms with E-state index in [1.54, 1.807) is 16.8 Å². The highest BCUT2D eigenvalue weighted by Gasteiger charge is 2.28. The highest BCUT2D eigenvalue weighted by atomic mass is 35.5. The molecule has 1 amide bonds. The van der Waals surface area contributed by atoms with E-state index in [1.165, 1.54) is 0 Å². The average Bonchev–Trinajstić information content (AvgIpc) is 3.07. The zero-order valence-electron chi connectivity index (χ0n) is 15.6. The SMILES string of the molecule is Nc1c(C(=O)NN2CCOCC2)nn(C2CC=CC=C2Cl)c1-c1ccc(Cl)cc1. The van der Waals surface area contributed by atoms with Crippen molar-refractivity contribution in [2.45, 2.75) is 12.5 Å². The maximum absolute atomic E-state index is 12.9. The summed E-state index contributed by atoms with van der Waals surface area (Å²) in [6.07, 6.45) is 6.39. The number of allylic oxidation sites excluding steroid dienone is 4. The molecule has 1 aromatic heterocycles. The Hall–Kier alpha value is -2.32. The number of anilines is 1. The van der Waals surface area contributed by atoms with Gasteiger partial charge in [-0.1, -0.05) is 47.5 Å². The first-order chi connectivity index (χ1) is 14.0. The van der Waals surface area contributed by atoms with Crippen molar-refractivity contribution in [1.29, 1.82) is 0 Å². The molecule has 0 spiro atoms. The summed E-state index contributed by atoms with van der Waals surface area (Å²) in [5, 5.41) is 7.63. The lowest BCUT2D eigenvalue weighted by atomic mass is 10.1. The van der Waals surface area contributed by atoms with Crippen LogP contribution >= 0.6 is 23.2 Å². The third kappa shape index (κ3) is 4.18. The second-order valence-electron chi connectivity index (χ2n) is 6.83. The maximum atomic E-state index is 12.9. The molecule has 1 aliphatic heterocycles. The van der Waals surface area contributed by atoms with Crippen LogP contribution in [0.2, 0.25) is 5.02 Å². The number of hydrazine groups is 1. The number of halogens is 2. The fourth-order valence-corrected chi connectivity index (χ4v) is 3.80. The molecule has 0 saturated carbocycles. The zero-order chi connectivity index (χ0) is 20.4. The fourth-order valence-electron chi connectivity index (χ4n) is 3.42. The number of hydrogen-bond donors (Lipinski definition) is 2. The van der Waals surface area contributed by atoms with E-state index < -0.39 is 0 Å². The van der Waals surface area contributed by atoms with E-state index in [0.717, 1.165) is 5.56 Å². The smallest absolute Gasteiger partial charge is 0.288 e. The van der Waals surface area contributed by atoms with Crippen molar-refractivity contribution in [3.8, 4) is 11.3 Å². The molecule has 1 unspecified atom stereocenters. The lowest BCUT2D eigenvalue weighted by molar-refractivity contribution is 0.0124. The molecule has 7 nitrogen and oxygen atoms in total. The van der Waals surface area contributed by atoms with Crippen LogP contribution in [0.25, 0.3) is 11.3 Å². The molecule has 1 aliphatic carbocycles. The van der Waals surface area contributed by atoms with Gasteiger partial charge in [-0.25, -0.2) is 5.01 Å². The van der Waals surface area contributed by atoms with Gasteiger partial charge in [-0.2, -0.15) is 5.10 Å². The molecule has 0 bridgehead atoms. The van der Waals surface area contributed by atoms with Gasteiger partial charge < -0.3 is 10.5 Å². The Morgan fingerprint density at radius 1 is 1.21 bits per heavy atom. The van der Waals surface area contributed by atoms with Crippen molar-refractivity contribution in [3.05, 3.63) is 58.2 Å². The molecule has 1 atom stereocenters. The van der Waals surface area contributed by atoms with Crippen LogP contribution in [0.3, 0.4) is 0 Å². The van der Waals surface area contributed by atoms with E-state index in [-0.39, 0.29) is 17.6 Å². The van der Waals surface area contributed by atoms with Gasteiger partial charge in [0.25, 0.3) is 5.91 Å². The second-order valence-corrected chi connectivity index (χ2v) is 7.71. The summed E-state index contributed by atoms with van der Waals surface area (Å²) >= 11 is 12.5. The largest absolute Gasteiger partial charge is 0.395 e. The van der Waals surface area contributed by atoms with E-state index in [1.807, 2.05) is 35.4 Å². The van der Waals surface area contributed by atoms with E-state index in [2.05, 4.69) is 10.5 Å². The third-order valence-electron chi connectivity index (χ3n) is 4.91. The van der Waals surface area contributed by atoms with Crippen LogP contribution in [0.15, 0.2) is 47.5 Å². The topological polar surface area (TPSA) is 85.4 Å². The highest BCUT2D eigenvalue weighted by molar-refractivity contribution is 6.30. The van der Waals surface area contributed by atoms with Gasteiger partial charge in [0.05, 0.1) is 30.6 Å². The van der Waals surface area contributed by atoms with Gasteiger partial charge >= 0.3 is 0 Å². The molecule has 3 N–H and O–H groups in total. The van der Waals surface area contributed by atoms with Gasteiger partial charge in [-0.3, -0.25) is 14.9 Å². The normalized spacial score (nSPS) is 19.8. The molecule has 0 radical (unpaired) electrons. The number of benzene rings is 1. The average molecular weight is 434 g/mol. The number of rotatable bonds is 4. The Kier molecular flexibility index (Phi) is 5.91. The summed E-state index contributed by atoms with van der Waals surface area (Å²) < 4.78 is 7.05. The van der Waals surface area contributed by atoms with Gasteiger partial charge in [0.15, 0.2) is 5.69 Å². The van der Waals surface area contributed by atoms with Crippen molar-refractivity contribution in [2.24, 2.45) is 0 Å². The lowest BCUT2D eigenvalue weighted by Gasteiger charge is -2.26. The minimum atomic E-state index is -0.357. The summed E-state index contributed by atoms with van der Waals surface area (Å²) in [5.74, 6) is -0.357. The number of carbonyl (C=O) groups excluding carboxylic acids is 1. The van der Waals surface area contributed by atoms with Crippen molar-refractivity contribution < 1.29 is 9.53 Å². The van der Waals surface area contributed by atoms with E-state index in [4.69, 9.17) is 33.7 Å². The van der Waals surface area contributed by atoms with Crippen LogP contribution in [-0.4, -0.2) is 47.0 Å². The minimum absolute atomic E-state index is 0.167. The molecule has 2 heterocycles. The summed E-state index contributed by atoms with van der Waals surface area (Å²) in [6.45, 7) is 2.35. The van der Waals surface area contributed by atoms with Crippen LogP contribution in [0.4, 0.5) is 5.69 Å². The Morgan fingerprint density at radius 3 is 2.62 bits per heavy atom. The monoisotopic (exact) mass is 433 g/mol. The first kappa shape index (κ1) is 20.0. The maximum Gasteiger partial charge on any atom is 0.288 e. The molecular weight excluding hydrogens is 413 g/mol. The van der Waals surface area contributed by atoms with Crippen molar-refractivity contribution in [1.82, 2.24) is 20.2 Å². The molecular formula is C20H21Cl2N5O2. The number of nitrogens with zero attached hydrogens (tertiary/aromatic N) is 3. The summed E-state index contributed by atoms with van der Waals surface area (Å²) in [6, 6.07) is 7.02. The minimum Gasteiger partial charge on any atom is -0.395 e. The van der Waals surface area contributed by atoms with Crippen LogP contribution in [0, 0.1) is 0 Å². The molecule has 2 aliphatic rings. The molecule has 1 saturated heterocycles. The quantitative estimate of drug-likeness (QED) is 0.771. The number of hydrogen-bond acceptors (Lipinski definition) is 5. The second kappa shape index (κ2) is 8.59. The first-order valence-corrected chi connectivity index (χ1v) is 10.1. The predicted octanol–water partition coefficient (Wildman–Crippen LogP) is 3.39. The number of nitrogens with one attached hydrogen (secondary N) is 1. The van der Waals surface area contributed by atoms with Crippen molar-refractivity contribution in [3.63, 3.8) is 0 Å². The van der Waals surface area contributed by atoms with Crippen LogP contribution < -0.4 is 11.2 Å². The fraction of sp³-hybridized carbons (Fsp3) is 0.300.